The molecule has 150 valence electrons. The van der Waals surface area contributed by atoms with Crippen LogP contribution in [0.1, 0.15) is 27.8 Å². The highest BCUT2D eigenvalue weighted by molar-refractivity contribution is 6.02. The summed E-state index contributed by atoms with van der Waals surface area (Å²) in [5.74, 6) is -0.478. The summed E-state index contributed by atoms with van der Waals surface area (Å²) < 4.78 is 7.31. The molecule has 0 aliphatic carbocycles. The van der Waals surface area contributed by atoms with Crippen molar-refractivity contribution in [1.29, 1.82) is 0 Å². The fourth-order valence-corrected chi connectivity index (χ4v) is 3.27. The number of ether oxygens (including phenoxy) is 1. The Kier molecular flexibility index (Phi) is 6.08. The number of anilines is 1. The minimum absolute atomic E-state index is 0.0569. The van der Waals surface area contributed by atoms with E-state index in [4.69, 9.17) is 10.5 Å². The minimum Gasteiger partial charge on any atom is -0.394 e. The second kappa shape index (κ2) is 8.51. The van der Waals surface area contributed by atoms with Gasteiger partial charge in [-0.15, -0.1) is 0 Å². The molecule has 9 heteroatoms. The predicted octanol–water partition coefficient (Wildman–Crippen LogP) is 0.200. The maximum absolute atomic E-state index is 12.3. The van der Waals surface area contributed by atoms with Gasteiger partial charge in [-0.05, 0) is 30.7 Å². The van der Waals surface area contributed by atoms with E-state index in [0.717, 1.165) is 11.3 Å². The van der Waals surface area contributed by atoms with Gasteiger partial charge in [0.2, 0.25) is 5.91 Å². The molecule has 2 amide bonds. The maximum Gasteiger partial charge on any atom is 0.276 e. The number of carbonyl (C=O) groups excluding carboxylic acids is 2. The monoisotopic (exact) mass is 387 g/mol. The quantitative estimate of drug-likeness (QED) is 0.651. The molecule has 1 saturated heterocycles. The third-order valence-corrected chi connectivity index (χ3v) is 4.86. The first-order chi connectivity index (χ1) is 13.4. The number of hydrogen-bond acceptors (Lipinski definition) is 6. The molecule has 4 N–H and O–H groups in total. The molecular formula is C19H25N5O4. The lowest BCUT2D eigenvalue weighted by molar-refractivity contribution is -0.160. The van der Waals surface area contributed by atoms with Crippen molar-refractivity contribution in [3.63, 3.8) is 0 Å². The number of amides is 2. The van der Waals surface area contributed by atoms with Crippen LogP contribution < -0.4 is 11.1 Å². The summed E-state index contributed by atoms with van der Waals surface area (Å²) in [5.41, 5.74) is 8.24. The highest BCUT2D eigenvalue weighted by Crippen LogP contribution is 2.29. The molecule has 1 aliphatic heterocycles. The van der Waals surface area contributed by atoms with Crippen molar-refractivity contribution in [2.24, 2.45) is 12.8 Å². The van der Waals surface area contributed by atoms with E-state index in [-0.39, 0.29) is 25.0 Å². The van der Waals surface area contributed by atoms with Crippen LogP contribution in [0.4, 0.5) is 5.69 Å². The topological polar surface area (TPSA) is 123 Å². The smallest absolute Gasteiger partial charge is 0.276 e. The number of hydrogen-bond donors (Lipinski definition) is 3. The largest absolute Gasteiger partial charge is 0.394 e. The van der Waals surface area contributed by atoms with E-state index in [2.05, 4.69) is 10.4 Å². The Hall–Kier alpha value is -2.75. The van der Waals surface area contributed by atoms with Gasteiger partial charge in [0.15, 0.2) is 5.69 Å². The van der Waals surface area contributed by atoms with Gasteiger partial charge < -0.3 is 25.8 Å². The third-order valence-electron chi connectivity index (χ3n) is 4.86. The number of nitrogens with zero attached hydrogens (tertiary/aromatic N) is 3. The second-order valence-corrected chi connectivity index (χ2v) is 6.73. The zero-order valence-electron chi connectivity index (χ0n) is 16.0. The van der Waals surface area contributed by atoms with E-state index in [9.17, 15) is 14.7 Å². The zero-order valence-corrected chi connectivity index (χ0v) is 16.0. The van der Waals surface area contributed by atoms with Gasteiger partial charge in [-0.2, -0.15) is 5.10 Å². The number of aryl methyl sites for hydroxylation is 2. The van der Waals surface area contributed by atoms with Crippen LogP contribution >= 0.6 is 0 Å². The first kappa shape index (κ1) is 20.0. The number of aliphatic hydroxyl groups excluding tert-OH is 1. The Balaban J connectivity index is 1.72. The molecule has 28 heavy (non-hydrogen) atoms. The van der Waals surface area contributed by atoms with E-state index in [1.807, 2.05) is 19.1 Å². The Morgan fingerprint density at radius 2 is 2.11 bits per heavy atom. The lowest BCUT2D eigenvalue weighted by Gasteiger charge is -2.40. The molecule has 0 radical (unpaired) electrons. The minimum atomic E-state index is -0.498. The molecule has 0 saturated carbocycles. The number of nitrogens with two attached hydrogens (primary N) is 1. The number of aromatic nitrogens is 2. The fraction of sp³-hybridized carbons (Fsp3) is 0.421. The van der Waals surface area contributed by atoms with Gasteiger partial charge in [-0.1, -0.05) is 12.1 Å². The Labute approximate surface area is 163 Å². The zero-order chi connectivity index (χ0) is 20.3. The number of benzene rings is 1. The van der Waals surface area contributed by atoms with Crippen molar-refractivity contribution < 1.29 is 19.4 Å². The van der Waals surface area contributed by atoms with Crippen molar-refractivity contribution in [1.82, 2.24) is 14.7 Å². The molecule has 3 rings (SSSR count). The SMILES string of the molecule is Cc1cc(C(=O)Nc2ccc([C@H]3OCC(=O)N(CCN)[C@@H]3CO)cc2)nn1C. The summed E-state index contributed by atoms with van der Waals surface area (Å²) >= 11 is 0. The molecule has 1 fully saturated rings. The van der Waals surface area contributed by atoms with Gasteiger partial charge in [0, 0.05) is 31.5 Å². The van der Waals surface area contributed by atoms with E-state index in [1.54, 1.807) is 34.8 Å². The van der Waals surface area contributed by atoms with Crippen LogP contribution in [0.3, 0.4) is 0 Å². The van der Waals surface area contributed by atoms with E-state index in [1.165, 1.54) is 0 Å². The highest BCUT2D eigenvalue weighted by atomic mass is 16.5. The van der Waals surface area contributed by atoms with Crippen molar-refractivity contribution >= 4 is 17.5 Å². The molecule has 0 unspecified atom stereocenters. The number of nitrogens with one attached hydrogen (secondary N) is 1. The Bertz CT molecular complexity index is 829. The summed E-state index contributed by atoms with van der Waals surface area (Å²) in [6.07, 6.45) is -0.461. The molecule has 9 nitrogen and oxygen atoms in total. The molecule has 0 bridgehead atoms. The average molecular weight is 387 g/mol. The van der Waals surface area contributed by atoms with Crippen LogP contribution in [-0.4, -0.2) is 63.9 Å². The van der Waals surface area contributed by atoms with Crippen LogP contribution in [0.25, 0.3) is 0 Å². The fourth-order valence-electron chi connectivity index (χ4n) is 3.27. The Morgan fingerprint density at radius 3 is 2.68 bits per heavy atom. The first-order valence-corrected chi connectivity index (χ1v) is 9.08. The lowest BCUT2D eigenvalue weighted by atomic mass is 9.99. The average Bonchev–Trinajstić information content (AvgIpc) is 3.03. The normalized spacial score (nSPS) is 19.7. The van der Waals surface area contributed by atoms with Gasteiger partial charge in [0.25, 0.3) is 5.91 Å². The summed E-state index contributed by atoms with van der Waals surface area (Å²) in [4.78, 5) is 25.9. The summed E-state index contributed by atoms with van der Waals surface area (Å²) in [5, 5.41) is 16.7. The van der Waals surface area contributed by atoms with Gasteiger partial charge in [0.05, 0.1) is 12.6 Å². The highest BCUT2D eigenvalue weighted by Gasteiger charge is 2.36. The molecule has 2 aromatic rings. The Morgan fingerprint density at radius 1 is 1.39 bits per heavy atom. The summed E-state index contributed by atoms with van der Waals surface area (Å²) in [6, 6.07) is 8.34. The van der Waals surface area contributed by atoms with Crippen molar-refractivity contribution in [2.45, 2.75) is 19.1 Å². The molecule has 1 aromatic carbocycles. The van der Waals surface area contributed by atoms with Gasteiger partial charge >= 0.3 is 0 Å². The molecule has 2 atom stereocenters. The molecule has 1 aromatic heterocycles. The van der Waals surface area contributed by atoms with Crippen LogP contribution in [0.5, 0.6) is 0 Å². The summed E-state index contributed by atoms with van der Waals surface area (Å²) in [7, 11) is 1.78. The van der Waals surface area contributed by atoms with Crippen LogP contribution in [0, 0.1) is 6.92 Å². The van der Waals surface area contributed by atoms with Gasteiger partial charge in [0.1, 0.15) is 12.7 Å². The lowest BCUT2D eigenvalue weighted by Crippen LogP contribution is -2.54. The third kappa shape index (κ3) is 4.06. The van der Waals surface area contributed by atoms with Crippen LogP contribution in [-0.2, 0) is 16.6 Å². The van der Waals surface area contributed by atoms with Gasteiger partial charge in [-0.3, -0.25) is 14.3 Å². The van der Waals surface area contributed by atoms with Crippen molar-refractivity contribution in [2.75, 3.05) is 31.6 Å². The number of carbonyl (C=O) groups is 2. The predicted molar refractivity (Wildman–Crippen MR) is 103 cm³/mol. The molecule has 0 spiro atoms. The maximum atomic E-state index is 12.3. The van der Waals surface area contributed by atoms with E-state index in [0.29, 0.717) is 24.5 Å². The van der Waals surface area contributed by atoms with Crippen LogP contribution in [0.15, 0.2) is 30.3 Å². The van der Waals surface area contributed by atoms with E-state index < -0.39 is 12.1 Å². The van der Waals surface area contributed by atoms with Crippen molar-refractivity contribution in [3.8, 4) is 0 Å². The number of aliphatic hydroxyl groups is 1. The first-order valence-electron chi connectivity index (χ1n) is 9.08. The molecule has 1 aliphatic rings. The van der Waals surface area contributed by atoms with Gasteiger partial charge in [-0.25, -0.2) is 0 Å². The second-order valence-electron chi connectivity index (χ2n) is 6.73. The van der Waals surface area contributed by atoms with Crippen LogP contribution in [0.2, 0.25) is 0 Å². The number of morpholine rings is 1. The van der Waals surface area contributed by atoms with E-state index >= 15 is 0 Å². The summed E-state index contributed by atoms with van der Waals surface area (Å²) in [6.45, 7) is 2.26. The molecule has 2 heterocycles. The standard InChI is InChI=1S/C19H25N5O4/c1-12-9-15(22-23(12)2)19(27)21-14-5-3-13(4-6-14)18-16(10-25)24(8-7-20)17(26)11-28-18/h3-6,9,16,18,25H,7-8,10-11,20H2,1-2H3,(H,21,27)/t16-,18-/m1/s1. The molecular weight excluding hydrogens is 362 g/mol. The number of rotatable bonds is 6. The van der Waals surface area contributed by atoms with Crippen molar-refractivity contribution in [3.05, 3.63) is 47.3 Å².